The number of thioether (sulfide) groups is 2. The van der Waals surface area contributed by atoms with E-state index in [4.69, 9.17) is 9.47 Å². The van der Waals surface area contributed by atoms with Crippen LogP contribution in [-0.2, 0) is 9.53 Å². The number of amides is 1. The van der Waals surface area contributed by atoms with Crippen molar-refractivity contribution in [2.24, 2.45) is 0 Å². The maximum absolute atomic E-state index is 12.4. The van der Waals surface area contributed by atoms with E-state index in [1.807, 2.05) is 48.6 Å². The number of anilines is 1. The normalized spacial score (nSPS) is 15.1. The van der Waals surface area contributed by atoms with Gasteiger partial charge < -0.3 is 14.8 Å². The molecule has 1 saturated heterocycles. The Balaban J connectivity index is 1.58. The number of carbonyl (C=O) groups is 2. The summed E-state index contributed by atoms with van der Waals surface area (Å²) in [6.45, 7) is 3.92. The molecule has 7 heteroatoms. The fraction of sp³-hybridized carbons (Fsp3) is 0.333. The minimum Gasteiger partial charge on any atom is -0.492 e. The van der Waals surface area contributed by atoms with E-state index < -0.39 is 18.0 Å². The molecule has 1 amide bonds. The molecule has 0 saturated carbocycles. The van der Waals surface area contributed by atoms with Gasteiger partial charge in [-0.05, 0) is 43.7 Å². The number of esters is 1. The molecule has 148 valence electrons. The number of carbonyl (C=O) groups excluding carboxylic acids is 2. The Hall–Kier alpha value is -2.12. The van der Waals surface area contributed by atoms with Crippen LogP contribution in [0.1, 0.15) is 34.4 Å². The van der Waals surface area contributed by atoms with Gasteiger partial charge in [-0.1, -0.05) is 24.3 Å². The lowest BCUT2D eigenvalue weighted by Crippen LogP contribution is -2.30. The monoisotopic (exact) mass is 417 g/mol. The minimum atomic E-state index is -0.928. The summed E-state index contributed by atoms with van der Waals surface area (Å²) >= 11 is 3.83. The molecule has 3 rings (SSSR count). The number of nitrogens with one attached hydrogen (secondary N) is 1. The van der Waals surface area contributed by atoms with Gasteiger partial charge in [0.25, 0.3) is 5.91 Å². The van der Waals surface area contributed by atoms with Crippen LogP contribution < -0.4 is 10.1 Å². The van der Waals surface area contributed by atoms with Gasteiger partial charge in [-0.15, -0.1) is 23.5 Å². The second-order valence-corrected chi connectivity index (χ2v) is 8.89. The maximum atomic E-state index is 12.4. The highest BCUT2D eigenvalue weighted by Gasteiger charge is 2.22. The van der Waals surface area contributed by atoms with Gasteiger partial charge in [0.2, 0.25) is 0 Å². The Kier molecular flexibility index (Phi) is 7.28. The minimum absolute atomic E-state index is 0.407. The lowest BCUT2D eigenvalue weighted by Gasteiger charge is -2.16. The summed E-state index contributed by atoms with van der Waals surface area (Å²) in [5, 5.41) is 2.75. The largest absolute Gasteiger partial charge is 0.492 e. The molecule has 0 bridgehead atoms. The Labute approximate surface area is 173 Å². The SMILES string of the molecule is CCOc1ccccc1NC(=O)[C@H](C)OC(=O)c1ccc(C2SCCS2)cc1. The van der Waals surface area contributed by atoms with Gasteiger partial charge in [-0.3, -0.25) is 4.79 Å². The molecule has 0 spiro atoms. The zero-order valence-corrected chi connectivity index (χ0v) is 17.5. The molecule has 2 aromatic carbocycles. The number of hydrogen-bond donors (Lipinski definition) is 1. The molecular weight excluding hydrogens is 394 g/mol. The standard InChI is InChI=1S/C21H23NO4S2/c1-3-25-18-7-5-4-6-17(18)22-19(23)14(2)26-20(24)15-8-10-16(11-9-15)21-27-12-13-28-21/h4-11,14,21H,3,12-13H2,1-2H3,(H,22,23)/t14-/m0/s1. The van der Waals surface area contributed by atoms with Gasteiger partial charge in [0, 0.05) is 11.5 Å². The smallest absolute Gasteiger partial charge is 0.338 e. The summed E-state index contributed by atoms with van der Waals surface area (Å²) in [6.07, 6.45) is -0.928. The molecule has 0 unspecified atom stereocenters. The summed E-state index contributed by atoms with van der Waals surface area (Å²) in [5.74, 6) is 1.96. The maximum Gasteiger partial charge on any atom is 0.338 e. The second-order valence-electron chi connectivity index (χ2n) is 6.16. The molecule has 0 aromatic heterocycles. The first-order valence-corrected chi connectivity index (χ1v) is 11.2. The zero-order valence-electron chi connectivity index (χ0n) is 15.8. The second kappa shape index (κ2) is 9.89. The molecule has 1 N–H and O–H groups in total. The van der Waals surface area contributed by atoms with Crippen LogP contribution >= 0.6 is 23.5 Å². The van der Waals surface area contributed by atoms with Crippen LogP contribution in [0.25, 0.3) is 0 Å². The third-order valence-corrected chi connectivity index (χ3v) is 7.24. The van der Waals surface area contributed by atoms with E-state index in [0.717, 1.165) is 11.5 Å². The van der Waals surface area contributed by atoms with E-state index in [9.17, 15) is 9.59 Å². The van der Waals surface area contributed by atoms with Gasteiger partial charge in [0.15, 0.2) is 6.10 Å². The molecular formula is C21H23NO4S2. The number of para-hydroxylation sites is 2. The highest BCUT2D eigenvalue weighted by atomic mass is 32.2. The molecule has 5 nitrogen and oxygen atoms in total. The number of rotatable bonds is 7. The molecule has 2 aromatic rings. The fourth-order valence-electron chi connectivity index (χ4n) is 2.69. The van der Waals surface area contributed by atoms with E-state index in [-0.39, 0.29) is 0 Å². The van der Waals surface area contributed by atoms with Gasteiger partial charge in [-0.25, -0.2) is 4.79 Å². The van der Waals surface area contributed by atoms with Gasteiger partial charge in [-0.2, -0.15) is 0 Å². The van der Waals surface area contributed by atoms with Crippen LogP contribution in [0.15, 0.2) is 48.5 Å². The van der Waals surface area contributed by atoms with Crippen molar-refractivity contribution in [3.05, 3.63) is 59.7 Å². The molecule has 28 heavy (non-hydrogen) atoms. The average Bonchev–Trinajstić information content (AvgIpc) is 3.24. The number of hydrogen-bond acceptors (Lipinski definition) is 6. The number of ether oxygens (including phenoxy) is 2. The van der Waals surface area contributed by atoms with Gasteiger partial charge >= 0.3 is 5.97 Å². The first kappa shape index (κ1) is 20.6. The van der Waals surface area contributed by atoms with Crippen molar-refractivity contribution >= 4 is 41.1 Å². The lowest BCUT2D eigenvalue weighted by molar-refractivity contribution is -0.123. The van der Waals surface area contributed by atoms with Crippen molar-refractivity contribution in [1.82, 2.24) is 0 Å². The molecule has 0 aliphatic carbocycles. The Morgan fingerprint density at radius 2 is 1.79 bits per heavy atom. The third-order valence-electron chi connectivity index (χ3n) is 4.14. The topological polar surface area (TPSA) is 64.6 Å². The average molecular weight is 418 g/mol. The Morgan fingerprint density at radius 3 is 2.46 bits per heavy atom. The highest BCUT2D eigenvalue weighted by molar-refractivity contribution is 8.19. The van der Waals surface area contributed by atoms with Crippen molar-refractivity contribution in [3.8, 4) is 5.75 Å². The third kappa shape index (κ3) is 5.23. The molecule has 0 radical (unpaired) electrons. The summed E-state index contributed by atoms with van der Waals surface area (Å²) < 4.78 is 11.3. The van der Waals surface area contributed by atoms with E-state index >= 15 is 0 Å². The highest BCUT2D eigenvalue weighted by Crippen LogP contribution is 2.45. The van der Waals surface area contributed by atoms with E-state index in [0.29, 0.717) is 28.2 Å². The fourth-order valence-corrected chi connectivity index (χ4v) is 5.55. The molecule has 1 atom stereocenters. The van der Waals surface area contributed by atoms with Crippen LogP contribution in [0.5, 0.6) is 5.75 Å². The van der Waals surface area contributed by atoms with Crippen molar-refractivity contribution in [2.75, 3.05) is 23.4 Å². The van der Waals surface area contributed by atoms with Crippen LogP contribution in [0.2, 0.25) is 0 Å². The summed E-state index contributed by atoms with van der Waals surface area (Å²) in [4.78, 5) is 24.8. The first-order chi connectivity index (χ1) is 13.6. The summed E-state index contributed by atoms with van der Waals surface area (Å²) in [5.41, 5.74) is 2.18. The van der Waals surface area contributed by atoms with E-state index in [1.54, 1.807) is 37.3 Å². The lowest BCUT2D eigenvalue weighted by atomic mass is 10.1. The molecule has 1 heterocycles. The zero-order chi connectivity index (χ0) is 19.9. The van der Waals surface area contributed by atoms with Crippen LogP contribution in [-0.4, -0.2) is 36.1 Å². The predicted octanol–water partition coefficient (Wildman–Crippen LogP) is 4.75. The molecule has 1 aliphatic heterocycles. The van der Waals surface area contributed by atoms with Gasteiger partial charge in [0.1, 0.15) is 5.75 Å². The summed E-state index contributed by atoms with van der Waals surface area (Å²) in [6, 6.07) is 14.6. The van der Waals surface area contributed by atoms with E-state index in [2.05, 4.69) is 5.32 Å². The number of benzene rings is 2. The van der Waals surface area contributed by atoms with Crippen LogP contribution in [0.3, 0.4) is 0 Å². The Bertz CT molecular complexity index is 819. The summed E-state index contributed by atoms with van der Waals surface area (Å²) in [7, 11) is 0. The quantitative estimate of drug-likeness (QED) is 0.656. The first-order valence-electron chi connectivity index (χ1n) is 9.15. The van der Waals surface area contributed by atoms with Crippen LogP contribution in [0.4, 0.5) is 5.69 Å². The van der Waals surface area contributed by atoms with Crippen LogP contribution in [0, 0.1) is 0 Å². The van der Waals surface area contributed by atoms with Gasteiger partial charge in [0.05, 0.1) is 22.4 Å². The van der Waals surface area contributed by atoms with Crippen molar-refractivity contribution in [3.63, 3.8) is 0 Å². The molecule has 1 fully saturated rings. The van der Waals surface area contributed by atoms with Crippen molar-refractivity contribution < 1.29 is 19.1 Å². The van der Waals surface area contributed by atoms with Crippen molar-refractivity contribution in [1.29, 1.82) is 0 Å². The van der Waals surface area contributed by atoms with E-state index in [1.165, 1.54) is 5.56 Å². The molecule has 1 aliphatic rings. The van der Waals surface area contributed by atoms with Crippen molar-refractivity contribution in [2.45, 2.75) is 24.5 Å². The Morgan fingerprint density at radius 1 is 1.11 bits per heavy atom. The predicted molar refractivity (Wildman–Crippen MR) is 115 cm³/mol.